The third kappa shape index (κ3) is 12.9. The highest BCUT2D eigenvalue weighted by atomic mass is 16.5. The molecular weight excluding hydrogens is 256 g/mol. The van der Waals surface area contributed by atoms with Crippen molar-refractivity contribution >= 4 is 11.9 Å². The number of unbranched alkanes of at least 4 members (excludes halogenated alkanes) is 5. The first-order valence-corrected chi connectivity index (χ1v) is 7.32. The van der Waals surface area contributed by atoms with E-state index in [4.69, 9.17) is 9.47 Å². The molecule has 0 N–H and O–H groups in total. The lowest BCUT2D eigenvalue weighted by Gasteiger charge is -2.02. The minimum absolute atomic E-state index is 0.171. The second-order valence-corrected chi connectivity index (χ2v) is 4.54. The van der Waals surface area contributed by atoms with Gasteiger partial charge in [0.1, 0.15) is 0 Å². The number of allylic oxidation sites excluding steroid dienone is 2. The summed E-state index contributed by atoms with van der Waals surface area (Å²) in [4.78, 5) is 22.3. The Kier molecular flexibility index (Phi) is 12.7. The molecule has 4 heteroatoms. The third-order valence-corrected chi connectivity index (χ3v) is 2.68. The summed E-state index contributed by atoms with van der Waals surface area (Å²) >= 11 is 0. The molecule has 0 unspecified atom stereocenters. The molecular formula is C16H26O4. The van der Waals surface area contributed by atoms with E-state index < -0.39 is 0 Å². The van der Waals surface area contributed by atoms with Crippen LogP contribution >= 0.6 is 0 Å². The zero-order chi connectivity index (χ0) is 15.1. The zero-order valence-electron chi connectivity index (χ0n) is 12.6. The second kappa shape index (κ2) is 13.8. The molecule has 0 aliphatic carbocycles. The largest absolute Gasteiger partial charge is 0.435 e. The van der Waals surface area contributed by atoms with Crippen LogP contribution in [0.15, 0.2) is 24.7 Å². The van der Waals surface area contributed by atoms with E-state index in [1.807, 2.05) is 13.8 Å². The summed E-state index contributed by atoms with van der Waals surface area (Å²) in [6, 6.07) is 0. The third-order valence-electron chi connectivity index (χ3n) is 2.68. The number of esters is 2. The van der Waals surface area contributed by atoms with E-state index in [0.717, 1.165) is 38.5 Å². The standard InChI is InChI=1S/C16H26O4/c1-3-13-19-15(17)11-9-7-5-6-8-10-12-16(18)20-14-4-2/h3-4,13-14H,5-12H2,1-2H3. The molecule has 0 aliphatic heterocycles. The molecule has 0 heterocycles. The van der Waals surface area contributed by atoms with Crippen molar-refractivity contribution in [1.29, 1.82) is 0 Å². The first-order valence-electron chi connectivity index (χ1n) is 7.32. The van der Waals surface area contributed by atoms with Crippen LogP contribution in [0.2, 0.25) is 0 Å². The van der Waals surface area contributed by atoms with Gasteiger partial charge < -0.3 is 9.47 Å². The molecule has 0 aromatic rings. The summed E-state index contributed by atoms with van der Waals surface area (Å²) in [5.74, 6) is -0.343. The van der Waals surface area contributed by atoms with Gasteiger partial charge in [-0.05, 0) is 26.7 Å². The van der Waals surface area contributed by atoms with E-state index in [-0.39, 0.29) is 11.9 Å². The van der Waals surface area contributed by atoms with E-state index in [1.165, 1.54) is 12.5 Å². The van der Waals surface area contributed by atoms with Gasteiger partial charge in [-0.1, -0.05) is 37.8 Å². The summed E-state index contributed by atoms with van der Waals surface area (Å²) in [6.45, 7) is 3.61. The average Bonchev–Trinajstić information content (AvgIpc) is 2.45. The second-order valence-electron chi connectivity index (χ2n) is 4.54. The highest BCUT2D eigenvalue weighted by Gasteiger charge is 2.02. The molecule has 0 aliphatic rings. The van der Waals surface area contributed by atoms with Crippen molar-refractivity contribution in [3.05, 3.63) is 24.7 Å². The van der Waals surface area contributed by atoms with Gasteiger partial charge in [-0.15, -0.1) is 0 Å². The topological polar surface area (TPSA) is 52.6 Å². The van der Waals surface area contributed by atoms with E-state index >= 15 is 0 Å². The molecule has 0 rings (SSSR count). The van der Waals surface area contributed by atoms with Crippen LogP contribution < -0.4 is 0 Å². The maximum absolute atomic E-state index is 11.2. The normalized spacial score (nSPS) is 11.1. The van der Waals surface area contributed by atoms with Crippen molar-refractivity contribution in [2.24, 2.45) is 0 Å². The van der Waals surface area contributed by atoms with Gasteiger partial charge in [0.05, 0.1) is 12.5 Å². The Hall–Kier alpha value is -1.58. The molecule has 0 aromatic heterocycles. The number of rotatable bonds is 11. The SMILES string of the molecule is CC=COC(=O)CCCCCCCCC(=O)OC=CC. The number of hydrogen-bond donors (Lipinski definition) is 0. The molecule has 0 radical (unpaired) electrons. The van der Waals surface area contributed by atoms with Crippen molar-refractivity contribution in [2.45, 2.75) is 65.2 Å². The lowest BCUT2D eigenvalue weighted by Crippen LogP contribution is -1.99. The minimum Gasteiger partial charge on any atom is -0.435 e. The maximum atomic E-state index is 11.2. The number of carbonyl (C=O) groups is 2. The van der Waals surface area contributed by atoms with Gasteiger partial charge in [0.15, 0.2) is 0 Å². The van der Waals surface area contributed by atoms with Crippen LogP contribution in [0.4, 0.5) is 0 Å². The molecule has 4 nitrogen and oxygen atoms in total. The van der Waals surface area contributed by atoms with Crippen molar-refractivity contribution < 1.29 is 19.1 Å². The molecule has 0 saturated carbocycles. The van der Waals surface area contributed by atoms with Crippen molar-refractivity contribution in [2.75, 3.05) is 0 Å². The van der Waals surface area contributed by atoms with Crippen LogP contribution in [-0.4, -0.2) is 11.9 Å². The predicted octanol–water partition coefficient (Wildman–Crippen LogP) is 4.26. The number of hydrogen-bond acceptors (Lipinski definition) is 4. The van der Waals surface area contributed by atoms with Gasteiger partial charge in [-0.25, -0.2) is 0 Å². The lowest BCUT2D eigenvalue weighted by molar-refractivity contribution is -0.139. The highest BCUT2D eigenvalue weighted by molar-refractivity contribution is 5.70. The smallest absolute Gasteiger partial charge is 0.310 e. The summed E-state index contributed by atoms with van der Waals surface area (Å²) in [6.07, 6.45) is 13.1. The first kappa shape index (κ1) is 18.4. The van der Waals surface area contributed by atoms with Gasteiger partial charge in [-0.3, -0.25) is 9.59 Å². The van der Waals surface area contributed by atoms with Gasteiger partial charge in [0.25, 0.3) is 0 Å². The van der Waals surface area contributed by atoms with E-state index in [2.05, 4.69) is 0 Å². The van der Waals surface area contributed by atoms with E-state index in [9.17, 15) is 9.59 Å². The zero-order valence-corrected chi connectivity index (χ0v) is 12.6. The van der Waals surface area contributed by atoms with Gasteiger partial charge >= 0.3 is 11.9 Å². The van der Waals surface area contributed by atoms with Crippen molar-refractivity contribution in [1.82, 2.24) is 0 Å². The first-order chi connectivity index (χ1) is 9.70. The predicted molar refractivity (Wildman–Crippen MR) is 78.7 cm³/mol. The van der Waals surface area contributed by atoms with Gasteiger partial charge in [-0.2, -0.15) is 0 Å². The quantitative estimate of drug-likeness (QED) is 0.323. The van der Waals surface area contributed by atoms with Crippen LogP contribution in [0.5, 0.6) is 0 Å². The fourth-order valence-corrected chi connectivity index (χ4v) is 1.65. The Labute approximate surface area is 121 Å². The Bertz CT molecular complexity index is 286. The van der Waals surface area contributed by atoms with Gasteiger partial charge in [0, 0.05) is 12.8 Å². The van der Waals surface area contributed by atoms with Crippen molar-refractivity contribution in [3.8, 4) is 0 Å². The summed E-state index contributed by atoms with van der Waals surface area (Å²) in [5, 5.41) is 0. The van der Waals surface area contributed by atoms with Crippen LogP contribution in [-0.2, 0) is 19.1 Å². The summed E-state index contributed by atoms with van der Waals surface area (Å²) in [5.41, 5.74) is 0. The molecule has 0 amide bonds. The van der Waals surface area contributed by atoms with Crippen LogP contribution in [0.3, 0.4) is 0 Å². The Morgan fingerprint density at radius 3 is 1.40 bits per heavy atom. The van der Waals surface area contributed by atoms with E-state index in [0.29, 0.717) is 12.8 Å². The van der Waals surface area contributed by atoms with Crippen LogP contribution in [0.1, 0.15) is 65.2 Å². The minimum atomic E-state index is -0.171. The van der Waals surface area contributed by atoms with Crippen molar-refractivity contribution in [3.63, 3.8) is 0 Å². The van der Waals surface area contributed by atoms with Crippen LogP contribution in [0.25, 0.3) is 0 Å². The fourth-order valence-electron chi connectivity index (χ4n) is 1.65. The fraction of sp³-hybridized carbons (Fsp3) is 0.625. The van der Waals surface area contributed by atoms with E-state index in [1.54, 1.807) is 12.2 Å². The average molecular weight is 282 g/mol. The summed E-state index contributed by atoms with van der Waals surface area (Å²) in [7, 11) is 0. The highest BCUT2D eigenvalue weighted by Crippen LogP contribution is 2.09. The maximum Gasteiger partial charge on any atom is 0.310 e. The Balaban J connectivity index is 3.28. The Morgan fingerprint density at radius 2 is 1.05 bits per heavy atom. The molecule has 0 aromatic carbocycles. The molecule has 20 heavy (non-hydrogen) atoms. The molecule has 114 valence electrons. The Morgan fingerprint density at radius 1 is 0.700 bits per heavy atom. The number of ether oxygens (including phenoxy) is 2. The van der Waals surface area contributed by atoms with Gasteiger partial charge in [0.2, 0.25) is 0 Å². The summed E-state index contributed by atoms with van der Waals surface area (Å²) < 4.78 is 9.64. The monoisotopic (exact) mass is 282 g/mol. The van der Waals surface area contributed by atoms with Crippen LogP contribution in [0, 0.1) is 0 Å². The molecule has 0 spiro atoms. The lowest BCUT2D eigenvalue weighted by atomic mass is 10.1. The number of carbonyl (C=O) groups excluding carboxylic acids is 2. The molecule has 0 bridgehead atoms. The molecule has 0 atom stereocenters. The molecule has 0 fully saturated rings. The molecule has 0 saturated heterocycles.